The highest BCUT2D eigenvalue weighted by Gasteiger charge is 2.23. The minimum absolute atomic E-state index is 0.0148. The molecule has 1 aliphatic rings. The number of nitrogens with zero attached hydrogens (tertiary/aromatic N) is 1. The van der Waals surface area contributed by atoms with Gasteiger partial charge < -0.3 is 14.8 Å². The lowest BCUT2D eigenvalue weighted by molar-refractivity contribution is -0.126. The number of hydrogen-bond donors (Lipinski definition) is 1. The molecule has 1 fully saturated rings. The molecule has 0 spiro atoms. The topological polar surface area (TPSA) is 50.8 Å². The van der Waals surface area contributed by atoms with Crippen LogP contribution in [0.15, 0.2) is 24.3 Å². The van der Waals surface area contributed by atoms with Crippen LogP contribution in [-0.4, -0.2) is 55.8 Å². The van der Waals surface area contributed by atoms with Crippen molar-refractivity contribution in [2.45, 2.75) is 26.1 Å². The first-order chi connectivity index (χ1) is 10.5. The molecule has 0 unspecified atom stereocenters. The first-order valence-electron chi connectivity index (χ1n) is 7.56. The largest absolute Gasteiger partial charge is 0.492 e. The number of nitrogens with one attached hydrogen (secondary N) is 1. The summed E-state index contributed by atoms with van der Waals surface area (Å²) in [6.07, 6.45) is 0.342. The summed E-state index contributed by atoms with van der Waals surface area (Å²) in [5.74, 6) is 0.760. The molecule has 5 nitrogen and oxygen atoms in total. The van der Waals surface area contributed by atoms with Gasteiger partial charge in [0, 0.05) is 18.1 Å². The van der Waals surface area contributed by atoms with E-state index in [9.17, 15) is 4.79 Å². The van der Waals surface area contributed by atoms with E-state index in [1.807, 2.05) is 13.8 Å². The molecule has 1 saturated heterocycles. The van der Waals surface area contributed by atoms with Crippen molar-refractivity contribution >= 4 is 17.5 Å². The molecule has 122 valence electrons. The van der Waals surface area contributed by atoms with E-state index in [1.165, 1.54) is 0 Å². The zero-order chi connectivity index (χ0) is 15.9. The predicted octanol–water partition coefficient (Wildman–Crippen LogP) is 1.94. The molecule has 1 aromatic rings. The van der Waals surface area contributed by atoms with Crippen LogP contribution in [0.4, 0.5) is 0 Å². The number of ether oxygens (including phenoxy) is 2. The van der Waals surface area contributed by atoms with Crippen molar-refractivity contribution < 1.29 is 14.3 Å². The minimum Gasteiger partial charge on any atom is -0.492 e. The van der Waals surface area contributed by atoms with E-state index < -0.39 is 0 Å². The SMILES string of the molecule is C[C@@H]1CN(CC(=O)NCCOc2ccc(Cl)cc2)C[C@@H](C)O1. The summed E-state index contributed by atoms with van der Waals surface area (Å²) in [4.78, 5) is 14.0. The van der Waals surface area contributed by atoms with Gasteiger partial charge in [0.25, 0.3) is 0 Å². The maximum Gasteiger partial charge on any atom is 0.234 e. The van der Waals surface area contributed by atoms with Crippen LogP contribution in [0.1, 0.15) is 13.8 Å². The predicted molar refractivity (Wildman–Crippen MR) is 86.4 cm³/mol. The maximum absolute atomic E-state index is 11.9. The third kappa shape index (κ3) is 5.83. The Labute approximate surface area is 136 Å². The molecule has 0 aliphatic carbocycles. The number of carbonyl (C=O) groups excluding carboxylic acids is 1. The molecule has 1 heterocycles. The summed E-state index contributed by atoms with van der Waals surface area (Å²) in [6.45, 7) is 6.96. The summed E-state index contributed by atoms with van der Waals surface area (Å²) in [5.41, 5.74) is 0. The third-order valence-corrected chi connectivity index (χ3v) is 3.62. The number of morpholine rings is 1. The van der Waals surface area contributed by atoms with Crippen LogP contribution in [0.25, 0.3) is 0 Å². The normalized spacial score (nSPS) is 22.3. The van der Waals surface area contributed by atoms with Crippen LogP contribution in [0.2, 0.25) is 5.02 Å². The molecule has 1 aromatic carbocycles. The Kier molecular flexibility index (Phi) is 6.49. The second-order valence-corrected chi connectivity index (χ2v) is 6.04. The number of benzene rings is 1. The van der Waals surface area contributed by atoms with Gasteiger partial charge >= 0.3 is 0 Å². The van der Waals surface area contributed by atoms with E-state index in [0.717, 1.165) is 18.8 Å². The Hall–Kier alpha value is -1.30. The number of rotatable bonds is 6. The van der Waals surface area contributed by atoms with Crippen LogP contribution in [0.5, 0.6) is 5.75 Å². The highest BCUT2D eigenvalue weighted by atomic mass is 35.5. The molecule has 0 saturated carbocycles. The fourth-order valence-electron chi connectivity index (χ4n) is 2.56. The summed E-state index contributed by atoms with van der Waals surface area (Å²) in [6, 6.07) is 7.16. The fraction of sp³-hybridized carbons (Fsp3) is 0.562. The lowest BCUT2D eigenvalue weighted by Crippen LogP contribution is -2.49. The summed E-state index contributed by atoms with van der Waals surface area (Å²) in [5, 5.41) is 3.54. The maximum atomic E-state index is 11.9. The van der Waals surface area contributed by atoms with Gasteiger partial charge in [0.05, 0.1) is 25.3 Å². The molecule has 0 radical (unpaired) electrons. The van der Waals surface area contributed by atoms with Crippen LogP contribution in [0.3, 0.4) is 0 Å². The first-order valence-corrected chi connectivity index (χ1v) is 7.93. The van der Waals surface area contributed by atoms with Crippen LogP contribution in [-0.2, 0) is 9.53 Å². The van der Waals surface area contributed by atoms with E-state index in [4.69, 9.17) is 21.1 Å². The van der Waals surface area contributed by atoms with Gasteiger partial charge in [-0.1, -0.05) is 11.6 Å². The van der Waals surface area contributed by atoms with Crippen LogP contribution < -0.4 is 10.1 Å². The van der Waals surface area contributed by atoms with E-state index in [-0.39, 0.29) is 18.1 Å². The van der Waals surface area contributed by atoms with Gasteiger partial charge in [-0.3, -0.25) is 9.69 Å². The summed E-state index contributed by atoms with van der Waals surface area (Å²) >= 11 is 5.80. The lowest BCUT2D eigenvalue weighted by Gasteiger charge is -2.34. The van der Waals surface area contributed by atoms with E-state index >= 15 is 0 Å². The molecule has 2 atom stereocenters. The first kappa shape index (κ1) is 17.1. The monoisotopic (exact) mass is 326 g/mol. The molecule has 1 aliphatic heterocycles. The van der Waals surface area contributed by atoms with E-state index in [1.54, 1.807) is 24.3 Å². The molecule has 22 heavy (non-hydrogen) atoms. The van der Waals surface area contributed by atoms with Crippen molar-refractivity contribution in [1.82, 2.24) is 10.2 Å². The second-order valence-electron chi connectivity index (χ2n) is 5.60. The highest BCUT2D eigenvalue weighted by Crippen LogP contribution is 2.15. The Morgan fingerprint density at radius 1 is 1.32 bits per heavy atom. The van der Waals surface area contributed by atoms with Gasteiger partial charge in [0.1, 0.15) is 12.4 Å². The summed E-state index contributed by atoms with van der Waals surface area (Å²) in [7, 11) is 0. The number of hydrogen-bond acceptors (Lipinski definition) is 4. The van der Waals surface area contributed by atoms with E-state index in [2.05, 4.69) is 10.2 Å². The van der Waals surface area contributed by atoms with Crippen molar-refractivity contribution in [1.29, 1.82) is 0 Å². The van der Waals surface area contributed by atoms with Gasteiger partial charge in [0.15, 0.2) is 0 Å². The number of carbonyl (C=O) groups is 1. The van der Waals surface area contributed by atoms with Gasteiger partial charge in [-0.25, -0.2) is 0 Å². The summed E-state index contributed by atoms with van der Waals surface area (Å²) < 4.78 is 11.2. The van der Waals surface area contributed by atoms with Crippen molar-refractivity contribution in [2.24, 2.45) is 0 Å². The van der Waals surface area contributed by atoms with Crippen molar-refractivity contribution in [3.8, 4) is 5.75 Å². The molecule has 1 amide bonds. The standard InChI is InChI=1S/C16H23ClN2O3/c1-12-9-19(10-13(2)22-12)11-16(20)18-7-8-21-15-5-3-14(17)4-6-15/h3-6,12-13H,7-11H2,1-2H3,(H,18,20)/t12-,13-/m1/s1. The molecule has 1 N–H and O–H groups in total. The quantitative estimate of drug-likeness (QED) is 0.812. The molecule has 2 rings (SSSR count). The van der Waals surface area contributed by atoms with Gasteiger partial charge in [-0.05, 0) is 38.1 Å². The molecule has 0 bridgehead atoms. The van der Waals surface area contributed by atoms with Gasteiger partial charge in [0.2, 0.25) is 5.91 Å². The Morgan fingerprint density at radius 2 is 1.95 bits per heavy atom. The average molecular weight is 327 g/mol. The number of amides is 1. The Morgan fingerprint density at radius 3 is 2.59 bits per heavy atom. The second kappa shape index (κ2) is 8.36. The van der Waals surface area contributed by atoms with Gasteiger partial charge in [-0.15, -0.1) is 0 Å². The zero-order valence-electron chi connectivity index (χ0n) is 13.0. The Bertz CT molecular complexity index is 471. The molecular formula is C16H23ClN2O3. The fourth-order valence-corrected chi connectivity index (χ4v) is 2.69. The van der Waals surface area contributed by atoms with Crippen molar-refractivity contribution in [3.05, 3.63) is 29.3 Å². The smallest absolute Gasteiger partial charge is 0.234 e. The average Bonchev–Trinajstić information content (AvgIpc) is 2.44. The number of halogens is 1. The minimum atomic E-state index is 0.0148. The highest BCUT2D eigenvalue weighted by molar-refractivity contribution is 6.30. The van der Waals surface area contributed by atoms with Gasteiger partial charge in [-0.2, -0.15) is 0 Å². The third-order valence-electron chi connectivity index (χ3n) is 3.37. The lowest BCUT2D eigenvalue weighted by atomic mass is 10.2. The van der Waals surface area contributed by atoms with Crippen LogP contribution >= 0.6 is 11.6 Å². The van der Waals surface area contributed by atoms with Crippen LogP contribution in [0, 0.1) is 0 Å². The van der Waals surface area contributed by atoms with Crippen molar-refractivity contribution in [3.63, 3.8) is 0 Å². The zero-order valence-corrected chi connectivity index (χ0v) is 13.8. The molecule has 0 aromatic heterocycles. The van der Waals surface area contributed by atoms with Crippen molar-refractivity contribution in [2.75, 3.05) is 32.8 Å². The van der Waals surface area contributed by atoms with E-state index in [0.29, 0.717) is 24.7 Å². The molecule has 6 heteroatoms. The molecular weight excluding hydrogens is 304 g/mol. The Balaban J connectivity index is 1.62.